The number of ether oxygens (including phenoxy) is 2. The van der Waals surface area contributed by atoms with Crippen LogP contribution in [0.3, 0.4) is 0 Å². The van der Waals surface area contributed by atoms with Crippen molar-refractivity contribution in [2.45, 2.75) is 26.1 Å². The van der Waals surface area contributed by atoms with Crippen LogP contribution in [0.1, 0.15) is 12.5 Å². The summed E-state index contributed by atoms with van der Waals surface area (Å²) in [6.07, 6.45) is 0. The molecule has 2 rings (SSSR count). The maximum atomic E-state index is 12.5. The van der Waals surface area contributed by atoms with Gasteiger partial charge in [-0.05, 0) is 43.3 Å². The first-order valence-corrected chi connectivity index (χ1v) is 9.16. The molecule has 1 unspecified atom stereocenters. The highest BCUT2D eigenvalue weighted by Gasteiger charge is 2.23. The summed E-state index contributed by atoms with van der Waals surface area (Å²) in [6.45, 7) is -0.685. The van der Waals surface area contributed by atoms with Crippen molar-refractivity contribution >= 4 is 34.8 Å². The van der Waals surface area contributed by atoms with E-state index in [0.717, 1.165) is 10.5 Å². The predicted octanol–water partition coefficient (Wildman–Crippen LogP) is 3.65. The summed E-state index contributed by atoms with van der Waals surface area (Å²) < 4.78 is 34.4. The third-order valence-electron chi connectivity index (χ3n) is 4.19. The Kier molecular flexibility index (Phi) is 7.86. The molecule has 2 aromatic rings. The fourth-order valence-electron chi connectivity index (χ4n) is 2.59. The number of likely N-dealkylation sites (N-methyl/N-ethyl adjacent to an activating group) is 1. The summed E-state index contributed by atoms with van der Waals surface area (Å²) in [5, 5.41) is 3.64. The molecule has 0 aliphatic heterocycles. The molecular weight excluding hydrogens is 413 g/mol. The number of methoxy groups -OCH3 is 1. The fourth-order valence-corrected chi connectivity index (χ4v) is 3.12. The third-order valence-corrected chi connectivity index (χ3v) is 4.63. The number of amides is 1. The largest absolute Gasteiger partial charge is 0.493 e. The van der Waals surface area contributed by atoms with Crippen molar-refractivity contribution in [3.8, 4) is 11.5 Å². The zero-order valence-electron chi connectivity index (χ0n) is 15.6. The smallest absolute Gasteiger partial charge is 0.387 e. The lowest BCUT2D eigenvalue weighted by Gasteiger charge is -2.22. The number of hydrogen-bond donors (Lipinski definition) is 2. The zero-order valence-corrected chi connectivity index (χ0v) is 17.1. The van der Waals surface area contributed by atoms with E-state index < -0.39 is 12.7 Å². The van der Waals surface area contributed by atoms with Gasteiger partial charge in [0.2, 0.25) is 0 Å². The van der Waals surface area contributed by atoms with Gasteiger partial charge in [-0.1, -0.05) is 23.2 Å². The first kappa shape index (κ1) is 22.2. The van der Waals surface area contributed by atoms with Gasteiger partial charge >= 0.3 is 6.61 Å². The predicted molar refractivity (Wildman–Crippen MR) is 105 cm³/mol. The highest BCUT2D eigenvalue weighted by atomic mass is 35.5. The van der Waals surface area contributed by atoms with Gasteiger partial charge in [0.15, 0.2) is 17.5 Å². The van der Waals surface area contributed by atoms with Crippen molar-refractivity contribution in [1.82, 2.24) is 0 Å². The molecule has 2 aromatic carbocycles. The van der Waals surface area contributed by atoms with Gasteiger partial charge in [0.25, 0.3) is 5.91 Å². The molecule has 0 saturated carbocycles. The van der Waals surface area contributed by atoms with Crippen LogP contribution >= 0.6 is 23.2 Å². The Morgan fingerprint density at radius 3 is 2.36 bits per heavy atom. The summed E-state index contributed by atoms with van der Waals surface area (Å²) in [7, 11) is 3.23. The van der Waals surface area contributed by atoms with Gasteiger partial charge in [-0.15, -0.1) is 0 Å². The van der Waals surface area contributed by atoms with Crippen molar-refractivity contribution in [3.05, 3.63) is 52.0 Å². The number of anilines is 1. The molecule has 0 radical (unpaired) electrons. The average molecular weight is 434 g/mol. The van der Waals surface area contributed by atoms with Crippen molar-refractivity contribution in [2.24, 2.45) is 0 Å². The molecule has 0 bridgehead atoms. The third kappa shape index (κ3) is 6.22. The highest BCUT2D eigenvalue weighted by molar-refractivity contribution is 6.35. The molecular formula is C19H21Cl2F2N2O3+. The summed E-state index contributed by atoms with van der Waals surface area (Å²) in [5.74, 6) is -0.0424. The minimum Gasteiger partial charge on any atom is -0.493 e. The molecule has 0 fully saturated rings. The molecule has 28 heavy (non-hydrogen) atoms. The van der Waals surface area contributed by atoms with Gasteiger partial charge in [0.05, 0.1) is 14.2 Å². The number of hydrogen-bond acceptors (Lipinski definition) is 3. The molecule has 0 aliphatic rings. The van der Waals surface area contributed by atoms with Crippen LogP contribution in [0.5, 0.6) is 11.5 Å². The Morgan fingerprint density at radius 1 is 1.14 bits per heavy atom. The van der Waals surface area contributed by atoms with E-state index in [4.69, 9.17) is 27.9 Å². The van der Waals surface area contributed by atoms with Crippen molar-refractivity contribution in [3.63, 3.8) is 0 Å². The fraction of sp³-hybridized carbons (Fsp3) is 0.316. The van der Waals surface area contributed by atoms with E-state index in [1.54, 1.807) is 37.3 Å². The van der Waals surface area contributed by atoms with Crippen molar-refractivity contribution in [1.29, 1.82) is 0 Å². The van der Waals surface area contributed by atoms with E-state index in [9.17, 15) is 13.6 Å². The quantitative estimate of drug-likeness (QED) is 0.667. The van der Waals surface area contributed by atoms with Gasteiger partial charge in [-0.3, -0.25) is 4.79 Å². The number of carbonyl (C=O) groups excluding carboxylic acids is 1. The minimum atomic E-state index is -2.93. The van der Waals surface area contributed by atoms with Gasteiger partial charge in [0, 0.05) is 21.3 Å². The van der Waals surface area contributed by atoms with E-state index in [1.165, 1.54) is 13.2 Å². The van der Waals surface area contributed by atoms with Crippen LogP contribution in [-0.2, 0) is 11.3 Å². The summed E-state index contributed by atoms with van der Waals surface area (Å²) in [5.41, 5.74) is 1.32. The highest BCUT2D eigenvalue weighted by Crippen LogP contribution is 2.29. The standard InChI is InChI=1S/C19H20Cl2F2N2O3/c1-11(18(26)24-15-8-13(20)7-14(21)9-15)25(2)10-12-4-5-16(28-19(22)23)17(6-12)27-3/h4-9,11,19H,10H2,1-3H3,(H,24,26)/p+1/t11-/m1/s1. The second-order valence-corrected chi connectivity index (χ2v) is 7.13. The maximum absolute atomic E-state index is 12.5. The number of halogens is 4. The number of quaternary nitrogens is 1. The van der Waals surface area contributed by atoms with Crippen molar-refractivity contribution < 1.29 is 27.9 Å². The van der Waals surface area contributed by atoms with Crippen LogP contribution in [0, 0.1) is 0 Å². The molecule has 0 spiro atoms. The Morgan fingerprint density at radius 2 is 1.79 bits per heavy atom. The van der Waals surface area contributed by atoms with E-state index in [0.29, 0.717) is 22.3 Å². The molecule has 5 nitrogen and oxygen atoms in total. The van der Waals surface area contributed by atoms with E-state index in [2.05, 4.69) is 10.1 Å². The molecule has 0 heterocycles. The monoisotopic (exact) mass is 433 g/mol. The van der Waals surface area contributed by atoms with Crippen LogP contribution < -0.4 is 19.7 Å². The summed E-state index contributed by atoms with van der Waals surface area (Å²) >= 11 is 11.9. The van der Waals surface area contributed by atoms with Gasteiger partial charge in [0.1, 0.15) is 6.54 Å². The Labute approximate surface area is 172 Å². The van der Waals surface area contributed by atoms with E-state index in [-0.39, 0.29) is 17.4 Å². The first-order chi connectivity index (χ1) is 13.2. The maximum Gasteiger partial charge on any atom is 0.387 e. The number of rotatable bonds is 8. The summed E-state index contributed by atoms with van der Waals surface area (Å²) in [4.78, 5) is 13.4. The van der Waals surface area contributed by atoms with Crippen LogP contribution in [0.25, 0.3) is 0 Å². The normalized spacial score (nSPS) is 13.1. The second kappa shape index (κ2) is 9.91. The average Bonchev–Trinajstić information content (AvgIpc) is 2.60. The number of benzene rings is 2. The molecule has 0 aliphatic carbocycles. The minimum absolute atomic E-state index is 0.0393. The second-order valence-electron chi connectivity index (χ2n) is 6.26. The molecule has 0 saturated heterocycles. The number of alkyl halides is 2. The van der Waals surface area contributed by atoms with Crippen molar-refractivity contribution in [2.75, 3.05) is 19.5 Å². The summed E-state index contributed by atoms with van der Waals surface area (Å²) in [6, 6.07) is 9.09. The van der Waals surface area contributed by atoms with Gasteiger partial charge in [-0.25, -0.2) is 0 Å². The Hall–Kier alpha value is -2.09. The first-order valence-electron chi connectivity index (χ1n) is 8.40. The molecule has 2 atom stereocenters. The lowest BCUT2D eigenvalue weighted by atomic mass is 10.1. The van der Waals surface area contributed by atoms with Crippen LogP contribution in [0.2, 0.25) is 10.0 Å². The molecule has 2 N–H and O–H groups in total. The SMILES string of the molecule is COc1cc(C[NH+](C)[C@H](C)C(=O)Nc2cc(Cl)cc(Cl)c2)ccc1OC(F)F. The van der Waals surface area contributed by atoms with Crippen LogP contribution in [-0.4, -0.2) is 32.7 Å². The van der Waals surface area contributed by atoms with Gasteiger partial charge in [-0.2, -0.15) is 8.78 Å². The van der Waals surface area contributed by atoms with Crippen LogP contribution in [0.4, 0.5) is 14.5 Å². The van der Waals surface area contributed by atoms with E-state index in [1.807, 2.05) is 7.05 Å². The van der Waals surface area contributed by atoms with E-state index >= 15 is 0 Å². The molecule has 1 amide bonds. The van der Waals surface area contributed by atoms with Crippen LogP contribution in [0.15, 0.2) is 36.4 Å². The Balaban J connectivity index is 2.04. The topological polar surface area (TPSA) is 52.0 Å². The molecule has 0 aromatic heterocycles. The Bertz CT molecular complexity index is 817. The molecule has 9 heteroatoms. The number of carbonyl (C=O) groups is 1. The zero-order chi connectivity index (χ0) is 20.8. The van der Waals surface area contributed by atoms with Gasteiger partial charge < -0.3 is 19.7 Å². The lowest BCUT2D eigenvalue weighted by Crippen LogP contribution is -3.12. The molecule has 152 valence electrons. The number of nitrogens with one attached hydrogen (secondary N) is 2. The lowest BCUT2D eigenvalue weighted by molar-refractivity contribution is -0.907.